The van der Waals surface area contributed by atoms with Crippen molar-refractivity contribution in [3.63, 3.8) is 0 Å². The standard InChI is InChI=1S/C23H23N5O2/c1-4-13-30-19-12-8-6-10-17(19)21-20(16(3)26-23-24-14-25-28(21)23)22(29)27-18-11-7-5-9-15(18)2/h4-12,14,21H,1,13H2,2-3H3,(H,27,29)(H,24,25,26)/t21-/m1/s1. The number of para-hydroxylation sites is 2. The molecule has 30 heavy (non-hydrogen) atoms. The number of nitrogens with zero attached hydrogens (tertiary/aromatic N) is 3. The predicted molar refractivity (Wildman–Crippen MR) is 116 cm³/mol. The highest BCUT2D eigenvalue weighted by molar-refractivity contribution is 6.06. The van der Waals surface area contributed by atoms with Gasteiger partial charge in [-0.25, -0.2) is 4.68 Å². The number of carbonyl (C=O) groups excluding carboxylic acids is 1. The molecule has 2 aromatic carbocycles. The van der Waals surface area contributed by atoms with E-state index in [1.165, 1.54) is 6.33 Å². The summed E-state index contributed by atoms with van der Waals surface area (Å²) in [6, 6.07) is 14.8. The molecule has 4 rings (SSSR count). The van der Waals surface area contributed by atoms with Gasteiger partial charge in [-0.15, -0.1) is 0 Å². The van der Waals surface area contributed by atoms with E-state index in [-0.39, 0.29) is 5.91 Å². The van der Waals surface area contributed by atoms with Crippen LogP contribution in [-0.4, -0.2) is 27.3 Å². The summed E-state index contributed by atoms with van der Waals surface area (Å²) in [5, 5.41) is 10.6. The summed E-state index contributed by atoms with van der Waals surface area (Å²) < 4.78 is 7.58. The van der Waals surface area contributed by atoms with Gasteiger partial charge >= 0.3 is 0 Å². The van der Waals surface area contributed by atoms with Crippen LogP contribution in [0.1, 0.15) is 24.1 Å². The number of nitrogens with one attached hydrogen (secondary N) is 2. The molecule has 0 radical (unpaired) electrons. The van der Waals surface area contributed by atoms with Crippen molar-refractivity contribution >= 4 is 17.5 Å². The zero-order chi connectivity index (χ0) is 21.1. The van der Waals surface area contributed by atoms with E-state index in [4.69, 9.17) is 4.74 Å². The summed E-state index contributed by atoms with van der Waals surface area (Å²) in [4.78, 5) is 17.7. The highest BCUT2D eigenvalue weighted by atomic mass is 16.5. The van der Waals surface area contributed by atoms with Crippen LogP contribution in [0.4, 0.5) is 11.6 Å². The first-order valence-electron chi connectivity index (χ1n) is 9.67. The first kappa shape index (κ1) is 19.4. The molecule has 0 saturated heterocycles. The van der Waals surface area contributed by atoms with Crippen molar-refractivity contribution in [2.24, 2.45) is 0 Å². The maximum absolute atomic E-state index is 13.4. The molecule has 1 atom stereocenters. The maximum atomic E-state index is 13.4. The quantitative estimate of drug-likeness (QED) is 0.609. The molecule has 152 valence electrons. The van der Waals surface area contributed by atoms with Gasteiger partial charge in [-0.2, -0.15) is 10.1 Å². The molecule has 3 aromatic rings. The first-order chi connectivity index (χ1) is 14.6. The summed E-state index contributed by atoms with van der Waals surface area (Å²) in [6.07, 6.45) is 3.16. The number of aryl methyl sites for hydroxylation is 1. The van der Waals surface area contributed by atoms with Crippen LogP contribution in [0.3, 0.4) is 0 Å². The van der Waals surface area contributed by atoms with Crippen molar-refractivity contribution in [3.05, 3.63) is 89.9 Å². The minimum atomic E-state index is -0.492. The lowest BCUT2D eigenvalue weighted by atomic mass is 9.94. The number of ether oxygens (including phenoxy) is 1. The fourth-order valence-electron chi connectivity index (χ4n) is 3.56. The van der Waals surface area contributed by atoms with Crippen LogP contribution in [0.5, 0.6) is 5.75 Å². The second-order valence-electron chi connectivity index (χ2n) is 7.00. The molecular formula is C23H23N5O2. The van der Waals surface area contributed by atoms with Gasteiger partial charge < -0.3 is 15.4 Å². The van der Waals surface area contributed by atoms with E-state index < -0.39 is 6.04 Å². The second-order valence-corrected chi connectivity index (χ2v) is 7.00. The molecule has 0 aliphatic carbocycles. The first-order valence-corrected chi connectivity index (χ1v) is 9.67. The fourth-order valence-corrected chi connectivity index (χ4v) is 3.56. The lowest BCUT2D eigenvalue weighted by molar-refractivity contribution is -0.113. The van der Waals surface area contributed by atoms with Crippen LogP contribution in [0.2, 0.25) is 0 Å². The second kappa shape index (κ2) is 8.24. The number of hydrogen-bond acceptors (Lipinski definition) is 5. The number of hydrogen-bond donors (Lipinski definition) is 2. The Balaban J connectivity index is 1.79. The van der Waals surface area contributed by atoms with E-state index >= 15 is 0 Å². The Morgan fingerprint density at radius 3 is 2.80 bits per heavy atom. The largest absolute Gasteiger partial charge is 0.489 e. The summed E-state index contributed by atoms with van der Waals surface area (Å²) in [5.74, 6) is 1.03. The summed E-state index contributed by atoms with van der Waals surface area (Å²) in [7, 11) is 0. The number of allylic oxidation sites excluding steroid dienone is 1. The molecule has 1 aliphatic rings. The van der Waals surface area contributed by atoms with Gasteiger partial charge in [0.25, 0.3) is 5.91 Å². The van der Waals surface area contributed by atoms with Gasteiger partial charge in [0.15, 0.2) is 0 Å². The van der Waals surface area contributed by atoms with Crippen molar-refractivity contribution < 1.29 is 9.53 Å². The predicted octanol–water partition coefficient (Wildman–Crippen LogP) is 4.08. The molecule has 2 heterocycles. The number of anilines is 2. The topological polar surface area (TPSA) is 81.1 Å². The summed E-state index contributed by atoms with van der Waals surface area (Å²) in [5.41, 5.74) is 3.83. The molecular weight excluding hydrogens is 378 g/mol. The third-order valence-corrected chi connectivity index (χ3v) is 5.00. The Hall–Kier alpha value is -3.87. The van der Waals surface area contributed by atoms with E-state index in [9.17, 15) is 4.79 Å². The number of aromatic nitrogens is 3. The normalized spacial score (nSPS) is 15.2. The van der Waals surface area contributed by atoms with Crippen LogP contribution < -0.4 is 15.4 Å². The highest BCUT2D eigenvalue weighted by Gasteiger charge is 2.35. The average Bonchev–Trinajstić information content (AvgIpc) is 3.21. The Kier molecular flexibility index (Phi) is 5.34. The zero-order valence-electron chi connectivity index (χ0n) is 16.9. The van der Waals surface area contributed by atoms with Crippen LogP contribution in [-0.2, 0) is 4.79 Å². The van der Waals surface area contributed by atoms with Gasteiger partial charge in [0.1, 0.15) is 24.7 Å². The molecule has 7 nitrogen and oxygen atoms in total. The lowest BCUT2D eigenvalue weighted by Gasteiger charge is -2.29. The molecule has 0 unspecified atom stereocenters. The minimum Gasteiger partial charge on any atom is -0.489 e. The summed E-state index contributed by atoms with van der Waals surface area (Å²) >= 11 is 0. The molecule has 1 aliphatic heterocycles. The average molecular weight is 401 g/mol. The maximum Gasteiger partial charge on any atom is 0.255 e. The van der Waals surface area contributed by atoms with Crippen molar-refractivity contribution in [3.8, 4) is 5.75 Å². The van der Waals surface area contributed by atoms with E-state index in [1.54, 1.807) is 10.8 Å². The van der Waals surface area contributed by atoms with Gasteiger partial charge in [-0.05, 0) is 31.5 Å². The smallest absolute Gasteiger partial charge is 0.255 e. The number of amides is 1. The summed E-state index contributed by atoms with van der Waals surface area (Å²) in [6.45, 7) is 7.91. The molecule has 0 saturated carbocycles. The zero-order valence-corrected chi connectivity index (χ0v) is 16.9. The van der Waals surface area contributed by atoms with E-state index in [1.807, 2.05) is 62.4 Å². The third-order valence-electron chi connectivity index (χ3n) is 5.00. The molecule has 1 aromatic heterocycles. The van der Waals surface area contributed by atoms with Crippen molar-refractivity contribution in [1.82, 2.24) is 14.8 Å². The molecule has 1 amide bonds. The number of carbonyl (C=O) groups is 1. The number of benzene rings is 2. The monoisotopic (exact) mass is 401 g/mol. The van der Waals surface area contributed by atoms with Gasteiger partial charge in [0, 0.05) is 16.9 Å². The Morgan fingerprint density at radius 1 is 1.23 bits per heavy atom. The molecule has 7 heteroatoms. The molecule has 0 bridgehead atoms. The van der Waals surface area contributed by atoms with E-state index in [0.717, 1.165) is 16.8 Å². The Morgan fingerprint density at radius 2 is 2.00 bits per heavy atom. The van der Waals surface area contributed by atoms with Crippen LogP contribution in [0.25, 0.3) is 0 Å². The van der Waals surface area contributed by atoms with Crippen LogP contribution >= 0.6 is 0 Å². The lowest BCUT2D eigenvalue weighted by Crippen LogP contribution is -2.32. The SMILES string of the molecule is C=CCOc1ccccc1[C@@H]1C(C(=O)Nc2ccccc2C)=C(C)Nc2ncnn21. The Bertz CT molecular complexity index is 1130. The van der Waals surface area contributed by atoms with Crippen molar-refractivity contribution in [2.45, 2.75) is 19.9 Å². The van der Waals surface area contributed by atoms with Gasteiger partial charge in [0.05, 0.1) is 5.57 Å². The van der Waals surface area contributed by atoms with Crippen molar-refractivity contribution in [2.75, 3.05) is 17.2 Å². The fraction of sp³-hybridized carbons (Fsp3) is 0.174. The Labute approximate surface area is 175 Å². The number of rotatable bonds is 6. The highest BCUT2D eigenvalue weighted by Crippen LogP contribution is 2.39. The van der Waals surface area contributed by atoms with Gasteiger partial charge in [-0.1, -0.05) is 49.1 Å². The van der Waals surface area contributed by atoms with Gasteiger partial charge in [0.2, 0.25) is 5.95 Å². The minimum absolute atomic E-state index is 0.209. The molecule has 2 N–H and O–H groups in total. The van der Waals surface area contributed by atoms with Crippen molar-refractivity contribution in [1.29, 1.82) is 0 Å². The third kappa shape index (κ3) is 3.57. The van der Waals surface area contributed by atoms with Crippen LogP contribution in [0.15, 0.2) is 78.8 Å². The van der Waals surface area contributed by atoms with Crippen LogP contribution in [0, 0.1) is 6.92 Å². The number of fused-ring (bicyclic) bond motifs is 1. The molecule has 0 spiro atoms. The van der Waals surface area contributed by atoms with E-state index in [0.29, 0.717) is 29.6 Å². The van der Waals surface area contributed by atoms with E-state index in [2.05, 4.69) is 27.3 Å². The van der Waals surface area contributed by atoms with Gasteiger partial charge in [-0.3, -0.25) is 4.79 Å². The molecule has 0 fully saturated rings.